The second kappa shape index (κ2) is 5.55. The van der Waals surface area contributed by atoms with Crippen molar-refractivity contribution in [1.29, 1.82) is 0 Å². The topological polar surface area (TPSA) is 39.2 Å². The van der Waals surface area contributed by atoms with Gasteiger partial charge in [0.2, 0.25) is 0 Å². The molecule has 2 aromatic rings. The lowest BCUT2D eigenvalue weighted by Crippen LogP contribution is -2.08. The van der Waals surface area contributed by atoms with Gasteiger partial charge in [-0.1, -0.05) is 23.2 Å². The predicted octanol–water partition coefficient (Wildman–Crippen LogP) is 3.98. The summed E-state index contributed by atoms with van der Waals surface area (Å²) in [5.74, 6) is -1.61. The summed E-state index contributed by atoms with van der Waals surface area (Å²) in [6.07, 6.45) is 0. The van der Waals surface area contributed by atoms with Crippen molar-refractivity contribution in [1.82, 2.24) is 4.98 Å². The van der Waals surface area contributed by atoms with E-state index in [4.69, 9.17) is 23.2 Å². The molecule has 0 amide bonds. The van der Waals surface area contributed by atoms with Crippen molar-refractivity contribution in [2.75, 3.05) is 7.11 Å². The van der Waals surface area contributed by atoms with E-state index in [2.05, 4.69) is 9.72 Å². The summed E-state index contributed by atoms with van der Waals surface area (Å²) in [5, 5.41) is 0.865. The molecule has 2 rings (SSSR count). The summed E-state index contributed by atoms with van der Waals surface area (Å²) in [6, 6.07) is 7.36. The molecule has 0 bridgehead atoms. The third kappa shape index (κ3) is 2.85. The zero-order valence-corrected chi connectivity index (χ0v) is 11.3. The van der Waals surface area contributed by atoms with Crippen LogP contribution in [0.1, 0.15) is 10.5 Å². The highest BCUT2D eigenvalue weighted by atomic mass is 35.5. The van der Waals surface area contributed by atoms with Crippen LogP contribution in [0.25, 0.3) is 11.3 Å². The molecule has 0 spiro atoms. The van der Waals surface area contributed by atoms with E-state index in [1.807, 2.05) is 0 Å². The first-order chi connectivity index (χ1) is 9.02. The number of pyridine rings is 1. The quantitative estimate of drug-likeness (QED) is 0.787. The number of hydrogen-bond acceptors (Lipinski definition) is 3. The number of nitrogens with zero attached hydrogens (tertiary/aromatic N) is 1. The number of esters is 1. The highest BCUT2D eigenvalue weighted by Crippen LogP contribution is 2.29. The van der Waals surface area contributed by atoms with Crippen LogP contribution in [-0.4, -0.2) is 18.1 Å². The van der Waals surface area contributed by atoms with Crippen molar-refractivity contribution < 1.29 is 13.9 Å². The number of hydrogen-bond donors (Lipinski definition) is 0. The van der Waals surface area contributed by atoms with Gasteiger partial charge in [0.05, 0.1) is 17.8 Å². The number of methoxy groups -OCH3 is 1. The summed E-state index contributed by atoms with van der Waals surface area (Å²) in [4.78, 5) is 15.3. The molecule has 6 heteroatoms. The fraction of sp³-hybridized carbons (Fsp3) is 0.0769. The molecule has 3 nitrogen and oxygen atoms in total. The lowest BCUT2D eigenvalue weighted by molar-refractivity contribution is 0.0588. The average Bonchev–Trinajstić information content (AvgIpc) is 2.41. The van der Waals surface area contributed by atoms with Gasteiger partial charge >= 0.3 is 5.97 Å². The Hall–Kier alpha value is -1.65. The second-order valence-corrected chi connectivity index (χ2v) is 4.49. The van der Waals surface area contributed by atoms with Gasteiger partial charge in [-0.05, 0) is 30.3 Å². The van der Waals surface area contributed by atoms with E-state index in [0.29, 0.717) is 21.3 Å². The Labute approximate surface area is 118 Å². The van der Waals surface area contributed by atoms with Crippen LogP contribution in [0.15, 0.2) is 30.3 Å². The van der Waals surface area contributed by atoms with E-state index < -0.39 is 17.5 Å². The Morgan fingerprint density at radius 2 is 2.00 bits per heavy atom. The van der Waals surface area contributed by atoms with Crippen molar-refractivity contribution in [3.63, 3.8) is 0 Å². The molecule has 1 heterocycles. The molecule has 0 fully saturated rings. The summed E-state index contributed by atoms with van der Waals surface area (Å²) in [6.45, 7) is 0. The van der Waals surface area contributed by atoms with Crippen molar-refractivity contribution in [3.8, 4) is 11.3 Å². The fourth-order valence-electron chi connectivity index (χ4n) is 1.53. The lowest BCUT2D eigenvalue weighted by Gasteiger charge is -2.07. The molecule has 0 aliphatic heterocycles. The predicted molar refractivity (Wildman–Crippen MR) is 71.0 cm³/mol. The molecule has 0 saturated heterocycles. The Kier molecular flexibility index (Phi) is 4.02. The zero-order chi connectivity index (χ0) is 14.0. The molecule has 0 N–H and O–H groups in total. The van der Waals surface area contributed by atoms with Gasteiger partial charge in [-0.2, -0.15) is 0 Å². The van der Waals surface area contributed by atoms with Gasteiger partial charge in [-0.15, -0.1) is 0 Å². The van der Waals surface area contributed by atoms with Gasteiger partial charge in [0.1, 0.15) is 0 Å². The van der Waals surface area contributed by atoms with E-state index in [-0.39, 0.29) is 0 Å². The van der Waals surface area contributed by atoms with E-state index in [1.54, 1.807) is 18.2 Å². The van der Waals surface area contributed by atoms with Crippen LogP contribution in [0, 0.1) is 5.82 Å². The number of rotatable bonds is 2. The number of carbonyl (C=O) groups excluding carboxylic acids is 1. The second-order valence-electron chi connectivity index (χ2n) is 3.64. The standard InChI is InChI=1S/C13H8Cl2FNO2/c1-19-13(18)12-10(16)4-5-11(17-12)8-6-7(14)2-3-9(8)15/h2-6H,1H3. The fourth-order valence-corrected chi connectivity index (χ4v) is 1.91. The van der Waals surface area contributed by atoms with E-state index in [9.17, 15) is 9.18 Å². The minimum absolute atomic E-state index is 0.342. The minimum Gasteiger partial charge on any atom is -0.464 e. The van der Waals surface area contributed by atoms with E-state index in [0.717, 1.165) is 13.2 Å². The van der Waals surface area contributed by atoms with Gasteiger partial charge in [0.25, 0.3) is 0 Å². The summed E-state index contributed by atoms with van der Waals surface area (Å²) in [5.41, 5.74) is 0.463. The molecular formula is C13H8Cl2FNO2. The third-order valence-corrected chi connectivity index (χ3v) is 2.99. The minimum atomic E-state index is -0.850. The molecule has 1 aromatic carbocycles. The molecule has 1 aromatic heterocycles. The summed E-state index contributed by atoms with van der Waals surface area (Å²) < 4.78 is 17.9. The number of aromatic nitrogens is 1. The molecule has 0 unspecified atom stereocenters. The maximum atomic E-state index is 13.5. The molecular weight excluding hydrogens is 292 g/mol. The number of ether oxygens (including phenoxy) is 1. The summed E-state index contributed by atoms with van der Waals surface area (Å²) in [7, 11) is 1.16. The van der Waals surface area contributed by atoms with Crippen LogP contribution in [0.5, 0.6) is 0 Å². The molecule has 0 saturated carbocycles. The number of halogens is 3. The van der Waals surface area contributed by atoms with Crippen LogP contribution in [0.2, 0.25) is 10.0 Å². The monoisotopic (exact) mass is 299 g/mol. The highest BCUT2D eigenvalue weighted by Gasteiger charge is 2.16. The van der Waals surface area contributed by atoms with Gasteiger partial charge in [-0.3, -0.25) is 0 Å². The highest BCUT2D eigenvalue weighted by molar-refractivity contribution is 6.35. The molecule has 0 radical (unpaired) electrons. The molecule has 98 valence electrons. The molecule has 19 heavy (non-hydrogen) atoms. The smallest absolute Gasteiger partial charge is 0.359 e. The van der Waals surface area contributed by atoms with Crippen LogP contribution < -0.4 is 0 Å². The van der Waals surface area contributed by atoms with Gasteiger partial charge in [0.15, 0.2) is 11.5 Å². The first kappa shape index (κ1) is 13.8. The van der Waals surface area contributed by atoms with E-state index >= 15 is 0 Å². The lowest BCUT2D eigenvalue weighted by atomic mass is 10.1. The number of benzene rings is 1. The Bertz CT molecular complexity index is 647. The Balaban J connectivity index is 2.57. The van der Waals surface area contributed by atoms with Crippen molar-refractivity contribution in [2.24, 2.45) is 0 Å². The van der Waals surface area contributed by atoms with Crippen molar-refractivity contribution in [3.05, 3.63) is 51.9 Å². The summed E-state index contributed by atoms with van der Waals surface area (Å²) >= 11 is 11.9. The Morgan fingerprint density at radius 3 is 2.68 bits per heavy atom. The average molecular weight is 300 g/mol. The SMILES string of the molecule is COC(=O)c1nc(-c2cc(Cl)ccc2Cl)ccc1F. The van der Waals surface area contributed by atoms with Crippen LogP contribution in [0.3, 0.4) is 0 Å². The normalized spacial score (nSPS) is 10.3. The van der Waals surface area contributed by atoms with Crippen molar-refractivity contribution >= 4 is 29.2 Å². The maximum absolute atomic E-state index is 13.5. The van der Waals surface area contributed by atoms with Crippen LogP contribution in [-0.2, 0) is 4.74 Å². The first-order valence-corrected chi connectivity index (χ1v) is 5.99. The number of carbonyl (C=O) groups is 1. The Morgan fingerprint density at radius 1 is 1.26 bits per heavy atom. The third-order valence-electron chi connectivity index (χ3n) is 2.43. The maximum Gasteiger partial charge on any atom is 0.359 e. The van der Waals surface area contributed by atoms with E-state index in [1.165, 1.54) is 6.07 Å². The van der Waals surface area contributed by atoms with Crippen LogP contribution >= 0.6 is 23.2 Å². The van der Waals surface area contributed by atoms with Crippen LogP contribution in [0.4, 0.5) is 4.39 Å². The molecule has 0 atom stereocenters. The zero-order valence-electron chi connectivity index (χ0n) is 9.78. The van der Waals surface area contributed by atoms with Crippen molar-refractivity contribution in [2.45, 2.75) is 0 Å². The van der Waals surface area contributed by atoms with Gasteiger partial charge < -0.3 is 4.74 Å². The molecule has 0 aliphatic rings. The van der Waals surface area contributed by atoms with Gasteiger partial charge in [0, 0.05) is 10.6 Å². The van der Waals surface area contributed by atoms with Gasteiger partial charge in [-0.25, -0.2) is 14.2 Å². The molecule has 0 aliphatic carbocycles. The largest absolute Gasteiger partial charge is 0.464 e. The first-order valence-electron chi connectivity index (χ1n) is 5.23.